The number of nitrogens with zero attached hydrogens (tertiary/aromatic N) is 1. The lowest BCUT2D eigenvalue weighted by Crippen LogP contribution is -2.36. The first-order chi connectivity index (χ1) is 15.1. The van der Waals surface area contributed by atoms with E-state index in [0.29, 0.717) is 25.2 Å². The van der Waals surface area contributed by atoms with E-state index in [-0.39, 0.29) is 12.3 Å². The standard InChI is InChI=1S/C24H27N3O4/c28-23(29)8-7-17-16-3-1-2-4-20(16)25-22(17)14-19-18-6-5-15(13-21(18)26-24(19)30)27-9-11-31-12-10-27/h5-6,13-14,25H,1-4,7-12H2,(H,26,30)(H,28,29)/b19-14-. The van der Waals surface area contributed by atoms with E-state index >= 15 is 0 Å². The lowest BCUT2D eigenvalue weighted by atomic mass is 9.92. The summed E-state index contributed by atoms with van der Waals surface area (Å²) in [7, 11) is 0. The van der Waals surface area contributed by atoms with Gasteiger partial charge in [-0.1, -0.05) is 6.07 Å². The zero-order chi connectivity index (χ0) is 21.4. The molecular weight excluding hydrogens is 394 g/mol. The zero-order valence-electron chi connectivity index (χ0n) is 17.5. The molecule has 0 spiro atoms. The van der Waals surface area contributed by atoms with Gasteiger partial charge in [0.2, 0.25) is 0 Å². The second-order valence-electron chi connectivity index (χ2n) is 8.42. The smallest absolute Gasteiger partial charge is 0.303 e. The number of aliphatic carboxylic acids is 1. The highest BCUT2D eigenvalue weighted by atomic mass is 16.5. The van der Waals surface area contributed by atoms with Gasteiger partial charge < -0.3 is 25.0 Å². The number of anilines is 2. The van der Waals surface area contributed by atoms with Gasteiger partial charge >= 0.3 is 5.97 Å². The molecule has 7 heteroatoms. The third kappa shape index (κ3) is 3.85. The highest BCUT2D eigenvalue weighted by Gasteiger charge is 2.27. The van der Waals surface area contributed by atoms with Gasteiger partial charge in [0.1, 0.15) is 0 Å². The average Bonchev–Trinajstić information content (AvgIpc) is 3.29. The Hall–Kier alpha value is -3.06. The molecule has 1 aliphatic carbocycles. The maximum atomic E-state index is 12.8. The summed E-state index contributed by atoms with van der Waals surface area (Å²) in [6, 6.07) is 6.09. The van der Waals surface area contributed by atoms with Crippen molar-refractivity contribution in [1.29, 1.82) is 0 Å². The molecule has 1 aromatic carbocycles. The van der Waals surface area contributed by atoms with Gasteiger partial charge in [-0.25, -0.2) is 0 Å². The van der Waals surface area contributed by atoms with Gasteiger partial charge in [-0.3, -0.25) is 9.59 Å². The number of nitrogens with one attached hydrogen (secondary N) is 2. The summed E-state index contributed by atoms with van der Waals surface area (Å²) in [5.74, 6) is -0.921. The number of fused-ring (bicyclic) bond motifs is 2. The number of benzene rings is 1. The number of aromatic amines is 1. The van der Waals surface area contributed by atoms with Crippen LogP contribution in [0.1, 0.15) is 47.3 Å². The van der Waals surface area contributed by atoms with Crippen LogP contribution in [0.15, 0.2) is 18.2 Å². The van der Waals surface area contributed by atoms with Crippen LogP contribution in [-0.2, 0) is 33.6 Å². The summed E-state index contributed by atoms with van der Waals surface area (Å²) in [6.45, 7) is 3.11. The average molecular weight is 421 g/mol. The van der Waals surface area contributed by atoms with E-state index in [1.807, 2.05) is 18.2 Å². The first kappa shape index (κ1) is 19.9. The minimum absolute atomic E-state index is 0.0894. The molecule has 0 unspecified atom stereocenters. The van der Waals surface area contributed by atoms with Crippen molar-refractivity contribution in [2.24, 2.45) is 0 Å². The van der Waals surface area contributed by atoms with Crippen LogP contribution in [0, 0.1) is 0 Å². The molecule has 1 amide bonds. The van der Waals surface area contributed by atoms with Gasteiger partial charge in [0.25, 0.3) is 5.91 Å². The van der Waals surface area contributed by atoms with E-state index in [0.717, 1.165) is 67.0 Å². The fraction of sp³-hybridized carbons (Fsp3) is 0.417. The summed E-state index contributed by atoms with van der Waals surface area (Å²) in [4.78, 5) is 29.8. The topological polar surface area (TPSA) is 94.7 Å². The van der Waals surface area contributed by atoms with Crippen LogP contribution in [-0.4, -0.2) is 48.3 Å². The van der Waals surface area contributed by atoms with Crippen LogP contribution in [0.25, 0.3) is 11.6 Å². The van der Waals surface area contributed by atoms with Gasteiger partial charge in [-0.05, 0) is 61.4 Å². The lowest BCUT2D eigenvalue weighted by molar-refractivity contribution is -0.137. The Morgan fingerprint density at radius 3 is 2.81 bits per heavy atom. The largest absolute Gasteiger partial charge is 0.481 e. The second kappa shape index (κ2) is 8.23. The highest BCUT2D eigenvalue weighted by Crippen LogP contribution is 2.37. The minimum Gasteiger partial charge on any atom is -0.481 e. The number of aromatic nitrogens is 1. The number of morpholine rings is 1. The summed E-state index contributed by atoms with van der Waals surface area (Å²) < 4.78 is 5.43. The van der Waals surface area contributed by atoms with Crippen LogP contribution >= 0.6 is 0 Å². The third-order valence-corrected chi connectivity index (χ3v) is 6.48. The second-order valence-corrected chi connectivity index (χ2v) is 8.42. The first-order valence-electron chi connectivity index (χ1n) is 11.0. The van der Waals surface area contributed by atoms with E-state index in [2.05, 4.69) is 21.3 Å². The van der Waals surface area contributed by atoms with E-state index in [4.69, 9.17) is 4.74 Å². The molecule has 1 saturated heterocycles. The molecule has 5 rings (SSSR count). The van der Waals surface area contributed by atoms with Crippen LogP contribution in [0.2, 0.25) is 0 Å². The molecule has 1 aromatic heterocycles. The SMILES string of the molecule is O=C(O)CCc1c(/C=C2\C(=O)Nc3cc(N4CCOCC4)ccc32)[nH]c2c1CCCC2. The van der Waals surface area contributed by atoms with Crippen LogP contribution in [0.5, 0.6) is 0 Å². The Morgan fingerprint density at radius 2 is 2.00 bits per heavy atom. The van der Waals surface area contributed by atoms with E-state index in [1.54, 1.807) is 0 Å². The number of hydrogen-bond acceptors (Lipinski definition) is 4. The Labute approximate surface area is 181 Å². The quantitative estimate of drug-likeness (QED) is 0.645. The maximum absolute atomic E-state index is 12.8. The van der Waals surface area contributed by atoms with Crippen molar-refractivity contribution in [3.63, 3.8) is 0 Å². The lowest BCUT2D eigenvalue weighted by Gasteiger charge is -2.29. The predicted octanol–water partition coefficient (Wildman–Crippen LogP) is 3.24. The van der Waals surface area contributed by atoms with Crippen molar-refractivity contribution >= 4 is 34.9 Å². The molecule has 3 aliphatic rings. The normalized spacial score (nSPS) is 19.3. The fourth-order valence-electron chi connectivity index (χ4n) is 4.91. The predicted molar refractivity (Wildman–Crippen MR) is 119 cm³/mol. The molecule has 7 nitrogen and oxygen atoms in total. The van der Waals surface area contributed by atoms with E-state index in [1.165, 1.54) is 11.3 Å². The summed E-state index contributed by atoms with van der Waals surface area (Å²) in [5.41, 5.74) is 7.79. The molecule has 0 radical (unpaired) electrons. The van der Waals surface area contributed by atoms with Crippen molar-refractivity contribution in [3.05, 3.63) is 46.3 Å². The number of carboxylic acids is 1. The van der Waals surface area contributed by atoms with Crippen molar-refractivity contribution in [2.75, 3.05) is 36.5 Å². The molecule has 0 atom stereocenters. The molecule has 3 heterocycles. The van der Waals surface area contributed by atoms with Gasteiger partial charge in [-0.2, -0.15) is 0 Å². The number of carboxylic acid groups (broad SMARTS) is 1. The summed E-state index contributed by atoms with van der Waals surface area (Å²) >= 11 is 0. The number of ether oxygens (including phenoxy) is 1. The molecule has 3 N–H and O–H groups in total. The number of hydrogen-bond donors (Lipinski definition) is 3. The Morgan fingerprint density at radius 1 is 1.19 bits per heavy atom. The number of H-pyrrole nitrogens is 1. The zero-order valence-corrected chi connectivity index (χ0v) is 17.5. The van der Waals surface area contributed by atoms with Gasteiger partial charge in [-0.15, -0.1) is 0 Å². The van der Waals surface area contributed by atoms with Gasteiger partial charge in [0, 0.05) is 42.1 Å². The van der Waals surface area contributed by atoms with Gasteiger partial charge in [0.15, 0.2) is 0 Å². The fourth-order valence-corrected chi connectivity index (χ4v) is 4.91. The molecule has 162 valence electrons. The Kier molecular flexibility index (Phi) is 5.28. The summed E-state index contributed by atoms with van der Waals surface area (Å²) in [6.07, 6.45) is 6.67. The van der Waals surface area contributed by atoms with Crippen LogP contribution in [0.4, 0.5) is 11.4 Å². The van der Waals surface area contributed by atoms with E-state index < -0.39 is 5.97 Å². The van der Waals surface area contributed by atoms with Crippen molar-refractivity contribution < 1.29 is 19.4 Å². The molecular formula is C24H27N3O4. The van der Waals surface area contributed by atoms with Crippen LogP contribution < -0.4 is 10.2 Å². The Bertz CT molecular complexity index is 1060. The number of amides is 1. The number of carbonyl (C=O) groups is 2. The molecule has 31 heavy (non-hydrogen) atoms. The third-order valence-electron chi connectivity index (χ3n) is 6.48. The molecule has 2 aliphatic heterocycles. The highest BCUT2D eigenvalue weighted by molar-refractivity contribution is 6.35. The number of aryl methyl sites for hydroxylation is 1. The molecule has 0 bridgehead atoms. The van der Waals surface area contributed by atoms with Crippen molar-refractivity contribution in [3.8, 4) is 0 Å². The van der Waals surface area contributed by atoms with E-state index in [9.17, 15) is 14.7 Å². The van der Waals surface area contributed by atoms with Crippen LogP contribution in [0.3, 0.4) is 0 Å². The molecule has 2 aromatic rings. The Balaban J connectivity index is 1.50. The number of carbonyl (C=O) groups excluding carboxylic acids is 1. The molecule has 0 saturated carbocycles. The maximum Gasteiger partial charge on any atom is 0.303 e. The van der Waals surface area contributed by atoms with Crippen molar-refractivity contribution in [1.82, 2.24) is 4.98 Å². The van der Waals surface area contributed by atoms with Gasteiger partial charge in [0.05, 0.1) is 24.5 Å². The number of rotatable bonds is 5. The monoisotopic (exact) mass is 421 g/mol. The van der Waals surface area contributed by atoms with Crippen molar-refractivity contribution in [2.45, 2.75) is 38.5 Å². The summed E-state index contributed by atoms with van der Waals surface area (Å²) in [5, 5.41) is 12.2. The minimum atomic E-state index is -0.802. The molecule has 1 fully saturated rings. The first-order valence-corrected chi connectivity index (χ1v) is 11.0.